The first-order chi connectivity index (χ1) is 14.8. The average molecular weight is 408 g/mol. The Morgan fingerprint density at radius 1 is 0.933 bits per heavy atom. The first-order valence-corrected chi connectivity index (χ1v) is 10.6. The quantitative estimate of drug-likeness (QED) is 0.715. The topological polar surface area (TPSA) is 57.5 Å². The summed E-state index contributed by atoms with van der Waals surface area (Å²) in [6.07, 6.45) is 2.90. The van der Waals surface area contributed by atoms with Gasteiger partial charge < -0.3 is 19.5 Å². The zero-order chi connectivity index (χ0) is 20.6. The Morgan fingerprint density at radius 2 is 1.63 bits per heavy atom. The minimum Gasteiger partial charge on any atom is -0.475 e. The smallest absolute Gasteiger partial charge is 0.258 e. The van der Waals surface area contributed by atoms with Crippen molar-refractivity contribution in [1.29, 1.82) is 0 Å². The van der Waals surface area contributed by atoms with Crippen LogP contribution in [0.25, 0.3) is 6.08 Å². The largest absolute Gasteiger partial charge is 0.475 e. The van der Waals surface area contributed by atoms with Gasteiger partial charge in [-0.3, -0.25) is 4.90 Å². The van der Waals surface area contributed by atoms with E-state index >= 15 is 0 Å². The Labute approximate surface area is 178 Å². The number of ether oxygens (including phenoxy) is 2. The van der Waals surface area contributed by atoms with Crippen LogP contribution in [0.2, 0.25) is 0 Å². The van der Waals surface area contributed by atoms with Crippen molar-refractivity contribution < 1.29 is 14.6 Å². The fourth-order valence-electron chi connectivity index (χ4n) is 3.69. The van der Waals surface area contributed by atoms with Crippen molar-refractivity contribution in [2.45, 2.75) is 6.42 Å². The lowest BCUT2D eigenvalue weighted by Gasteiger charge is -2.34. The SMILES string of the molecule is OCCN1CCN(CCCOC2=Nc3ccccc3O/C2=C\c2ccccc2)CC1. The molecule has 2 aromatic carbocycles. The summed E-state index contributed by atoms with van der Waals surface area (Å²) in [5, 5.41) is 9.06. The Morgan fingerprint density at radius 3 is 2.40 bits per heavy atom. The lowest BCUT2D eigenvalue weighted by Crippen LogP contribution is -2.47. The molecule has 0 amide bonds. The zero-order valence-electron chi connectivity index (χ0n) is 17.2. The summed E-state index contributed by atoms with van der Waals surface area (Å²) in [6.45, 7) is 6.70. The van der Waals surface area contributed by atoms with Crippen molar-refractivity contribution in [2.75, 3.05) is 52.5 Å². The summed E-state index contributed by atoms with van der Waals surface area (Å²) in [4.78, 5) is 9.45. The maximum atomic E-state index is 9.06. The molecule has 1 fully saturated rings. The lowest BCUT2D eigenvalue weighted by molar-refractivity contribution is 0.108. The minimum atomic E-state index is 0.236. The maximum Gasteiger partial charge on any atom is 0.258 e. The summed E-state index contributed by atoms with van der Waals surface area (Å²) < 4.78 is 12.2. The minimum absolute atomic E-state index is 0.236. The first kappa shape index (κ1) is 20.6. The van der Waals surface area contributed by atoms with Crippen molar-refractivity contribution in [1.82, 2.24) is 9.80 Å². The number of para-hydroxylation sites is 2. The third kappa shape index (κ3) is 5.48. The summed E-state index contributed by atoms with van der Waals surface area (Å²) in [5.41, 5.74) is 1.83. The molecule has 0 unspecified atom stereocenters. The van der Waals surface area contributed by atoms with Crippen LogP contribution in [0.3, 0.4) is 0 Å². The van der Waals surface area contributed by atoms with Crippen LogP contribution < -0.4 is 4.74 Å². The van der Waals surface area contributed by atoms with Crippen molar-refractivity contribution in [2.24, 2.45) is 4.99 Å². The van der Waals surface area contributed by atoms with Gasteiger partial charge in [-0.05, 0) is 30.2 Å². The number of fused-ring (bicyclic) bond motifs is 1. The van der Waals surface area contributed by atoms with E-state index in [2.05, 4.69) is 9.80 Å². The van der Waals surface area contributed by atoms with Crippen LogP contribution >= 0.6 is 0 Å². The van der Waals surface area contributed by atoms with E-state index in [0.29, 0.717) is 18.3 Å². The van der Waals surface area contributed by atoms with Gasteiger partial charge in [-0.15, -0.1) is 0 Å². The van der Waals surface area contributed by atoms with Gasteiger partial charge in [0.1, 0.15) is 5.69 Å². The van der Waals surface area contributed by atoms with E-state index in [1.807, 2.05) is 60.7 Å². The van der Waals surface area contributed by atoms with Gasteiger partial charge in [-0.2, -0.15) is 0 Å². The number of aliphatic imine (C=N–C) groups is 1. The highest BCUT2D eigenvalue weighted by Crippen LogP contribution is 2.34. The second kappa shape index (κ2) is 10.4. The van der Waals surface area contributed by atoms with E-state index in [9.17, 15) is 0 Å². The maximum absolute atomic E-state index is 9.06. The summed E-state index contributed by atoms with van der Waals surface area (Å²) in [5.74, 6) is 1.91. The van der Waals surface area contributed by atoms with E-state index in [0.717, 1.165) is 62.7 Å². The van der Waals surface area contributed by atoms with E-state index in [1.54, 1.807) is 0 Å². The van der Waals surface area contributed by atoms with Gasteiger partial charge in [0.05, 0.1) is 13.2 Å². The second-order valence-corrected chi connectivity index (χ2v) is 7.51. The van der Waals surface area contributed by atoms with Crippen LogP contribution in [-0.2, 0) is 4.74 Å². The van der Waals surface area contributed by atoms with Gasteiger partial charge in [-0.25, -0.2) is 4.99 Å². The average Bonchev–Trinajstić information content (AvgIpc) is 2.79. The Balaban J connectivity index is 1.35. The standard InChI is InChI=1S/C24H29N3O3/c28-17-16-27-14-12-26(13-15-27)11-6-18-29-24-23(19-20-7-2-1-3-8-20)30-22-10-5-4-9-21(22)25-24/h1-5,7-10,19,28H,6,11-18H2/b23-19-. The Bertz CT molecular complexity index is 874. The third-order valence-electron chi connectivity index (χ3n) is 5.35. The highest BCUT2D eigenvalue weighted by atomic mass is 16.5. The molecular formula is C24H29N3O3. The van der Waals surface area contributed by atoms with E-state index in [4.69, 9.17) is 19.6 Å². The highest BCUT2D eigenvalue weighted by Gasteiger charge is 2.21. The molecule has 2 aromatic rings. The van der Waals surface area contributed by atoms with Gasteiger partial charge in [0.25, 0.3) is 5.90 Å². The third-order valence-corrected chi connectivity index (χ3v) is 5.35. The molecule has 0 aromatic heterocycles. The van der Waals surface area contributed by atoms with Gasteiger partial charge in [0.15, 0.2) is 11.5 Å². The van der Waals surface area contributed by atoms with Crippen molar-refractivity contribution >= 4 is 17.7 Å². The first-order valence-electron chi connectivity index (χ1n) is 10.6. The van der Waals surface area contributed by atoms with Gasteiger partial charge in [0, 0.05) is 39.3 Å². The monoisotopic (exact) mass is 407 g/mol. The fraction of sp³-hybridized carbons (Fsp3) is 0.375. The zero-order valence-corrected chi connectivity index (χ0v) is 17.2. The van der Waals surface area contributed by atoms with Crippen molar-refractivity contribution in [3.05, 3.63) is 65.9 Å². The van der Waals surface area contributed by atoms with Gasteiger partial charge in [-0.1, -0.05) is 42.5 Å². The van der Waals surface area contributed by atoms with Gasteiger partial charge >= 0.3 is 0 Å². The molecule has 6 nitrogen and oxygen atoms in total. The Hall–Kier alpha value is -2.67. The number of β-amino-alcohol motifs (C(OH)–C–C–N with tert-alkyl or cyclic N) is 1. The molecule has 0 aliphatic carbocycles. The molecule has 6 heteroatoms. The molecule has 0 saturated carbocycles. The highest BCUT2D eigenvalue weighted by molar-refractivity contribution is 5.99. The number of rotatable bonds is 7. The summed E-state index contributed by atoms with van der Waals surface area (Å²) in [7, 11) is 0. The number of aliphatic hydroxyl groups excluding tert-OH is 1. The number of nitrogens with zero attached hydrogens (tertiary/aromatic N) is 3. The normalized spacial score (nSPS) is 18.6. The van der Waals surface area contributed by atoms with Crippen molar-refractivity contribution in [3.8, 4) is 5.75 Å². The summed E-state index contributed by atoms with van der Waals surface area (Å²) >= 11 is 0. The lowest BCUT2D eigenvalue weighted by atomic mass is 10.2. The van der Waals surface area contributed by atoms with Gasteiger partial charge in [0.2, 0.25) is 0 Å². The molecule has 1 saturated heterocycles. The number of aliphatic hydroxyl groups is 1. The van der Waals surface area contributed by atoms with Crippen molar-refractivity contribution in [3.63, 3.8) is 0 Å². The van der Waals surface area contributed by atoms with E-state index in [-0.39, 0.29) is 6.61 Å². The fourth-order valence-corrected chi connectivity index (χ4v) is 3.69. The number of benzene rings is 2. The molecular weight excluding hydrogens is 378 g/mol. The van der Waals surface area contributed by atoms with E-state index < -0.39 is 0 Å². The van der Waals surface area contributed by atoms with E-state index in [1.165, 1.54) is 0 Å². The summed E-state index contributed by atoms with van der Waals surface area (Å²) in [6, 6.07) is 17.8. The van der Waals surface area contributed by atoms with Crippen LogP contribution in [0.1, 0.15) is 12.0 Å². The molecule has 158 valence electrons. The molecule has 30 heavy (non-hydrogen) atoms. The molecule has 0 atom stereocenters. The molecule has 0 bridgehead atoms. The van der Waals surface area contributed by atoms with Crippen LogP contribution in [0.15, 0.2) is 65.3 Å². The molecule has 4 rings (SSSR count). The number of hydrogen-bond acceptors (Lipinski definition) is 6. The molecule has 1 N–H and O–H groups in total. The second-order valence-electron chi connectivity index (χ2n) is 7.51. The van der Waals surface area contributed by atoms with Crippen LogP contribution in [0, 0.1) is 0 Å². The molecule has 2 aliphatic heterocycles. The molecule has 2 aliphatic rings. The predicted molar refractivity (Wildman–Crippen MR) is 119 cm³/mol. The molecule has 2 heterocycles. The molecule has 0 radical (unpaired) electrons. The van der Waals surface area contributed by atoms with Crippen LogP contribution in [-0.4, -0.2) is 73.3 Å². The number of hydrogen-bond donors (Lipinski definition) is 1. The predicted octanol–water partition coefficient (Wildman–Crippen LogP) is 3.17. The Kier molecular flexibility index (Phi) is 7.13. The number of piperazine rings is 1. The van der Waals surface area contributed by atoms with Crippen LogP contribution in [0.5, 0.6) is 5.75 Å². The molecule has 0 spiro atoms. The van der Waals surface area contributed by atoms with Crippen LogP contribution in [0.4, 0.5) is 5.69 Å².